The number of benzene rings is 1. The molecule has 1 aromatic rings. The molecule has 0 spiro atoms. The molecule has 0 aromatic heterocycles. The van der Waals surface area contributed by atoms with Gasteiger partial charge in [-0.1, -0.05) is 26.0 Å². The first-order valence-corrected chi connectivity index (χ1v) is 7.76. The minimum Gasteiger partial charge on any atom is -0.491 e. The van der Waals surface area contributed by atoms with Crippen molar-refractivity contribution >= 4 is 5.78 Å². The van der Waals surface area contributed by atoms with Crippen LogP contribution in [0.1, 0.15) is 57.3 Å². The lowest BCUT2D eigenvalue weighted by molar-refractivity contribution is 0.0835. The minimum absolute atomic E-state index is 0.134. The number of ketones is 1. The number of Topliss-reactive ketones (excluding diaryl/α,β-unsaturated/α-hetero) is 1. The van der Waals surface area contributed by atoms with Crippen LogP contribution in [0.15, 0.2) is 24.3 Å². The maximum absolute atomic E-state index is 12.7. The largest absolute Gasteiger partial charge is 0.491 e. The zero-order valence-corrected chi connectivity index (χ0v) is 13.1. The van der Waals surface area contributed by atoms with Gasteiger partial charge in [0.25, 0.3) is 0 Å². The highest BCUT2D eigenvalue weighted by Crippen LogP contribution is 2.35. The van der Waals surface area contributed by atoms with Crippen molar-refractivity contribution in [2.75, 3.05) is 0 Å². The van der Waals surface area contributed by atoms with Crippen molar-refractivity contribution in [2.45, 2.75) is 53.1 Å². The second-order valence-corrected chi connectivity index (χ2v) is 6.67. The maximum atomic E-state index is 12.7. The number of carbonyl (C=O) groups is 1. The van der Waals surface area contributed by atoms with Crippen LogP contribution in [0.4, 0.5) is 0 Å². The van der Waals surface area contributed by atoms with Crippen LogP contribution in [0, 0.1) is 17.8 Å². The van der Waals surface area contributed by atoms with Crippen molar-refractivity contribution in [3.8, 4) is 5.75 Å². The first-order valence-electron chi connectivity index (χ1n) is 7.76. The number of ether oxygens (including phenoxy) is 1. The van der Waals surface area contributed by atoms with Crippen LogP contribution in [0.3, 0.4) is 0 Å². The van der Waals surface area contributed by atoms with Gasteiger partial charge in [0.2, 0.25) is 0 Å². The molecule has 2 nitrogen and oxygen atoms in total. The quantitative estimate of drug-likeness (QED) is 0.742. The summed E-state index contributed by atoms with van der Waals surface area (Å²) in [5, 5.41) is 0. The summed E-state index contributed by atoms with van der Waals surface area (Å²) in [6.07, 6.45) is 3.44. The average molecular weight is 274 g/mol. The van der Waals surface area contributed by atoms with E-state index in [2.05, 4.69) is 13.8 Å². The third-order valence-corrected chi connectivity index (χ3v) is 4.04. The van der Waals surface area contributed by atoms with Gasteiger partial charge in [0.05, 0.1) is 6.10 Å². The highest BCUT2D eigenvalue weighted by molar-refractivity contribution is 5.98. The lowest BCUT2D eigenvalue weighted by Gasteiger charge is -2.30. The summed E-state index contributed by atoms with van der Waals surface area (Å²) in [7, 11) is 0. The Bertz CT molecular complexity index is 454. The minimum atomic E-state index is 0.134. The molecule has 1 aliphatic rings. The summed E-state index contributed by atoms with van der Waals surface area (Å²) < 4.78 is 5.68. The Labute approximate surface area is 122 Å². The molecule has 110 valence electrons. The molecule has 1 aromatic carbocycles. The Kier molecular flexibility index (Phi) is 4.85. The highest BCUT2D eigenvalue weighted by atomic mass is 16.5. The van der Waals surface area contributed by atoms with Gasteiger partial charge in [0, 0.05) is 11.5 Å². The molecular weight excluding hydrogens is 248 g/mol. The van der Waals surface area contributed by atoms with Crippen molar-refractivity contribution in [1.29, 1.82) is 0 Å². The predicted molar refractivity (Wildman–Crippen MR) is 82.2 cm³/mol. The van der Waals surface area contributed by atoms with Crippen LogP contribution in [-0.4, -0.2) is 11.9 Å². The molecule has 0 N–H and O–H groups in total. The normalized spacial score (nSPS) is 26.6. The fourth-order valence-corrected chi connectivity index (χ4v) is 3.39. The van der Waals surface area contributed by atoms with Gasteiger partial charge in [0.1, 0.15) is 5.75 Å². The zero-order chi connectivity index (χ0) is 14.7. The van der Waals surface area contributed by atoms with Crippen molar-refractivity contribution < 1.29 is 9.53 Å². The van der Waals surface area contributed by atoms with Gasteiger partial charge in [-0.25, -0.2) is 0 Å². The molecule has 0 aliphatic heterocycles. The van der Waals surface area contributed by atoms with Crippen LogP contribution in [0.25, 0.3) is 0 Å². The van der Waals surface area contributed by atoms with Gasteiger partial charge in [-0.3, -0.25) is 4.79 Å². The first kappa shape index (κ1) is 15.1. The lowest BCUT2D eigenvalue weighted by Crippen LogP contribution is -2.26. The molecule has 20 heavy (non-hydrogen) atoms. The number of carbonyl (C=O) groups excluding carboxylic acids is 1. The number of rotatable bonds is 4. The van der Waals surface area contributed by atoms with E-state index in [9.17, 15) is 4.79 Å². The van der Waals surface area contributed by atoms with Crippen LogP contribution in [0.2, 0.25) is 0 Å². The summed E-state index contributed by atoms with van der Waals surface area (Å²) in [5.74, 6) is 2.58. The van der Waals surface area contributed by atoms with Crippen LogP contribution < -0.4 is 4.74 Å². The van der Waals surface area contributed by atoms with Crippen molar-refractivity contribution in [1.82, 2.24) is 0 Å². The van der Waals surface area contributed by atoms with Crippen molar-refractivity contribution in [2.24, 2.45) is 17.8 Å². The molecule has 1 fully saturated rings. The average Bonchev–Trinajstić information content (AvgIpc) is 2.36. The van der Waals surface area contributed by atoms with E-state index in [1.54, 1.807) is 0 Å². The van der Waals surface area contributed by atoms with Crippen LogP contribution in [-0.2, 0) is 0 Å². The highest BCUT2D eigenvalue weighted by Gasteiger charge is 2.29. The van der Waals surface area contributed by atoms with Crippen LogP contribution in [0.5, 0.6) is 5.75 Å². The summed E-state index contributed by atoms with van der Waals surface area (Å²) in [6, 6.07) is 7.65. The lowest BCUT2D eigenvalue weighted by atomic mass is 9.74. The summed E-state index contributed by atoms with van der Waals surface area (Å²) >= 11 is 0. The van der Waals surface area contributed by atoms with E-state index in [4.69, 9.17) is 4.74 Å². The zero-order valence-electron chi connectivity index (χ0n) is 13.1. The molecular formula is C18H26O2. The molecule has 2 rings (SSSR count). The first-order chi connectivity index (χ1) is 9.45. The monoisotopic (exact) mass is 274 g/mol. The van der Waals surface area contributed by atoms with E-state index in [0.29, 0.717) is 11.8 Å². The molecule has 1 aliphatic carbocycles. The fourth-order valence-electron chi connectivity index (χ4n) is 3.39. The van der Waals surface area contributed by atoms with E-state index in [1.165, 1.54) is 6.42 Å². The molecule has 2 atom stereocenters. The van der Waals surface area contributed by atoms with Gasteiger partial charge >= 0.3 is 0 Å². The Balaban J connectivity index is 2.12. The van der Waals surface area contributed by atoms with Gasteiger partial charge in [-0.05, 0) is 57.1 Å². The van der Waals surface area contributed by atoms with Crippen molar-refractivity contribution in [3.63, 3.8) is 0 Å². The van der Waals surface area contributed by atoms with Gasteiger partial charge in [0.15, 0.2) is 5.78 Å². The van der Waals surface area contributed by atoms with Gasteiger partial charge < -0.3 is 4.74 Å². The Hall–Kier alpha value is -1.31. The molecule has 2 heteroatoms. The molecule has 1 saturated carbocycles. The molecule has 0 heterocycles. The van der Waals surface area contributed by atoms with Gasteiger partial charge in [-0.2, -0.15) is 0 Å². The van der Waals surface area contributed by atoms with E-state index in [1.807, 2.05) is 38.1 Å². The maximum Gasteiger partial charge on any atom is 0.166 e. The van der Waals surface area contributed by atoms with Crippen LogP contribution >= 0.6 is 0 Å². The SMILES string of the molecule is CC1CC(C)CC(C(=O)c2cccc(OC(C)C)c2)C1. The molecule has 0 amide bonds. The third kappa shape index (κ3) is 3.84. The second-order valence-electron chi connectivity index (χ2n) is 6.67. The summed E-state index contributed by atoms with van der Waals surface area (Å²) in [4.78, 5) is 12.7. The standard InChI is InChI=1S/C18H26O2/c1-12(2)20-17-7-5-6-15(11-17)18(19)16-9-13(3)8-14(4)10-16/h5-7,11-14,16H,8-10H2,1-4H3. The Morgan fingerprint density at radius 1 is 1.15 bits per heavy atom. The van der Waals surface area contributed by atoms with E-state index in [-0.39, 0.29) is 17.8 Å². The second kappa shape index (κ2) is 6.43. The third-order valence-electron chi connectivity index (χ3n) is 4.04. The Morgan fingerprint density at radius 2 is 1.80 bits per heavy atom. The van der Waals surface area contributed by atoms with Crippen molar-refractivity contribution in [3.05, 3.63) is 29.8 Å². The molecule has 0 saturated heterocycles. The smallest absolute Gasteiger partial charge is 0.166 e. The summed E-state index contributed by atoms with van der Waals surface area (Å²) in [6.45, 7) is 8.51. The summed E-state index contributed by atoms with van der Waals surface area (Å²) in [5.41, 5.74) is 0.800. The Morgan fingerprint density at radius 3 is 2.40 bits per heavy atom. The predicted octanol–water partition coefficient (Wildman–Crippen LogP) is 4.73. The fraction of sp³-hybridized carbons (Fsp3) is 0.611. The molecule has 0 bridgehead atoms. The molecule has 0 radical (unpaired) electrons. The van der Waals surface area contributed by atoms with E-state index in [0.717, 1.165) is 24.2 Å². The molecule has 2 unspecified atom stereocenters. The topological polar surface area (TPSA) is 26.3 Å². The van der Waals surface area contributed by atoms with Gasteiger partial charge in [-0.15, -0.1) is 0 Å². The number of hydrogen-bond acceptors (Lipinski definition) is 2. The number of hydrogen-bond donors (Lipinski definition) is 0. The van der Waals surface area contributed by atoms with E-state index < -0.39 is 0 Å². The van der Waals surface area contributed by atoms with E-state index >= 15 is 0 Å².